The van der Waals surface area contributed by atoms with Crippen molar-refractivity contribution in [3.63, 3.8) is 0 Å². The van der Waals surface area contributed by atoms with Crippen LogP contribution in [0, 0.1) is 5.92 Å². The number of rotatable bonds is 6. The number of hydrogen-bond acceptors (Lipinski definition) is 2. The van der Waals surface area contributed by atoms with E-state index in [4.69, 9.17) is 5.73 Å². The Morgan fingerprint density at radius 3 is 2.46 bits per heavy atom. The number of alkyl halides is 2. The fraction of sp³-hybridized carbons (Fsp3) is 1.00. The van der Waals surface area contributed by atoms with Gasteiger partial charge in [0.1, 0.15) is 0 Å². The molecule has 0 bridgehead atoms. The maximum absolute atomic E-state index is 12.0. The zero-order valence-corrected chi connectivity index (χ0v) is 8.02. The van der Waals surface area contributed by atoms with Crippen LogP contribution in [0.25, 0.3) is 0 Å². The molecule has 0 aromatic heterocycles. The molecule has 0 amide bonds. The molecule has 1 unspecified atom stereocenters. The second kappa shape index (κ2) is 4.33. The van der Waals surface area contributed by atoms with Crippen molar-refractivity contribution >= 4 is 0 Å². The molecule has 3 N–H and O–H groups in total. The normalized spacial score (nSPS) is 21.9. The van der Waals surface area contributed by atoms with Crippen LogP contribution in [0.5, 0.6) is 0 Å². The van der Waals surface area contributed by atoms with Crippen LogP contribution in [0.2, 0.25) is 0 Å². The van der Waals surface area contributed by atoms with Gasteiger partial charge in [-0.15, -0.1) is 0 Å². The molecule has 0 radical (unpaired) electrons. The molecule has 1 fully saturated rings. The molecule has 0 heterocycles. The first-order valence-corrected chi connectivity index (χ1v) is 4.88. The van der Waals surface area contributed by atoms with Crippen LogP contribution in [0.1, 0.15) is 26.2 Å². The summed E-state index contributed by atoms with van der Waals surface area (Å²) < 4.78 is 24.0. The zero-order valence-electron chi connectivity index (χ0n) is 8.02. The van der Waals surface area contributed by atoms with E-state index in [1.165, 1.54) is 0 Å². The molecule has 1 aliphatic rings. The van der Waals surface area contributed by atoms with Gasteiger partial charge in [0, 0.05) is 12.1 Å². The van der Waals surface area contributed by atoms with E-state index in [1.807, 2.05) is 6.92 Å². The standard InChI is InChI=1S/C9H18F2N2/c1-2-9(6-12,7-3-4-7)13-5-8(10)11/h7-8,13H,2-6,12H2,1H3. The number of nitrogens with two attached hydrogens (primary N) is 1. The highest BCUT2D eigenvalue weighted by Gasteiger charge is 2.42. The molecule has 0 aliphatic heterocycles. The van der Waals surface area contributed by atoms with Gasteiger partial charge in [0.25, 0.3) is 6.43 Å². The van der Waals surface area contributed by atoms with Gasteiger partial charge in [-0.1, -0.05) is 6.92 Å². The lowest BCUT2D eigenvalue weighted by atomic mass is 9.90. The van der Waals surface area contributed by atoms with E-state index in [-0.39, 0.29) is 12.1 Å². The second-order valence-corrected chi connectivity index (χ2v) is 3.76. The van der Waals surface area contributed by atoms with E-state index >= 15 is 0 Å². The molecule has 2 nitrogen and oxygen atoms in total. The topological polar surface area (TPSA) is 38.0 Å². The molecule has 1 atom stereocenters. The summed E-state index contributed by atoms with van der Waals surface area (Å²) in [4.78, 5) is 0. The van der Waals surface area contributed by atoms with E-state index in [2.05, 4.69) is 5.32 Å². The molecule has 4 heteroatoms. The summed E-state index contributed by atoms with van der Waals surface area (Å²) in [5.41, 5.74) is 5.41. The molecule has 1 saturated carbocycles. The summed E-state index contributed by atoms with van der Waals surface area (Å²) in [6.45, 7) is 2.23. The van der Waals surface area contributed by atoms with Crippen molar-refractivity contribution in [2.24, 2.45) is 11.7 Å². The van der Waals surface area contributed by atoms with Gasteiger partial charge in [0.05, 0.1) is 6.54 Å². The van der Waals surface area contributed by atoms with Crippen molar-refractivity contribution in [3.8, 4) is 0 Å². The fourth-order valence-electron chi connectivity index (χ4n) is 1.86. The quantitative estimate of drug-likeness (QED) is 0.667. The zero-order chi connectivity index (χ0) is 9.90. The van der Waals surface area contributed by atoms with Crippen LogP contribution < -0.4 is 11.1 Å². The molecule has 1 aliphatic carbocycles. The van der Waals surface area contributed by atoms with E-state index in [1.54, 1.807) is 0 Å². The van der Waals surface area contributed by atoms with Gasteiger partial charge in [-0.2, -0.15) is 0 Å². The van der Waals surface area contributed by atoms with Crippen molar-refractivity contribution in [1.82, 2.24) is 5.32 Å². The minimum Gasteiger partial charge on any atom is -0.329 e. The largest absolute Gasteiger partial charge is 0.329 e. The Hall–Kier alpha value is -0.220. The highest BCUT2D eigenvalue weighted by atomic mass is 19.3. The molecule has 13 heavy (non-hydrogen) atoms. The summed E-state index contributed by atoms with van der Waals surface area (Å²) in [6, 6.07) is 0. The Bertz CT molecular complexity index is 154. The van der Waals surface area contributed by atoms with Gasteiger partial charge < -0.3 is 11.1 Å². The van der Waals surface area contributed by atoms with Crippen LogP contribution in [0.15, 0.2) is 0 Å². The molecule has 78 valence electrons. The SMILES string of the molecule is CCC(CN)(NCC(F)F)C1CC1. The van der Waals surface area contributed by atoms with Crippen molar-refractivity contribution in [2.75, 3.05) is 13.1 Å². The molecular formula is C9H18F2N2. The van der Waals surface area contributed by atoms with Crippen molar-refractivity contribution in [2.45, 2.75) is 38.2 Å². The summed E-state index contributed by atoms with van der Waals surface area (Å²) in [5, 5.41) is 2.92. The molecule has 0 saturated heterocycles. The first-order chi connectivity index (χ1) is 6.14. The minimum atomic E-state index is -2.28. The van der Waals surface area contributed by atoms with E-state index < -0.39 is 6.43 Å². The van der Waals surface area contributed by atoms with Crippen LogP contribution >= 0.6 is 0 Å². The monoisotopic (exact) mass is 192 g/mol. The van der Waals surface area contributed by atoms with Gasteiger partial charge in [-0.3, -0.25) is 0 Å². The summed E-state index contributed by atoms with van der Waals surface area (Å²) >= 11 is 0. The van der Waals surface area contributed by atoms with E-state index in [0.717, 1.165) is 19.3 Å². The first-order valence-electron chi connectivity index (χ1n) is 4.88. The summed E-state index contributed by atoms with van der Waals surface area (Å²) in [6.07, 6.45) is 0.805. The Labute approximate surface area is 77.9 Å². The number of nitrogens with one attached hydrogen (secondary N) is 1. The smallest absolute Gasteiger partial charge is 0.250 e. The Kier molecular flexibility index (Phi) is 3.62. The number of halogens is 2. The van der Waals surface area contributed by atoms with Crippen LogP contribution in [0.3, 0.4) is 0 Å². The van der Waals surface area contributed by atoms with Gasteiger partial charge >= 0.3 is 0 Å². The highest BCUT2D eigenvalue weighted by molar-refractivity contribution is 5.01. The van der Waals surface area contributed by atoms with Crippen LogP contribution in [-0.4, -0.2) is 25.1 Å². The molecule has 0 aromatic rings. The lowest BCUT2D eigenvalue weighted by Crippen LogP contribution is -2.54. The summed E-state index contributed by atoms with van der Waals surface area (Å²) in [5.74, 6) is 0.515. The average Bonchev–Trinajstić information content (AvgIpc) is 2.91. The van der Waals surface area contributed by atoms with E-state index in [0.29, 0.717) is 12.5 Å². The fourth-order valence-corrected chi connectivity index (χ4v) is 1.86. The first kappa shape index (κ1) is 10.9. The Morgan fingerprint density at radius 1 is 1.54 bits per heavy atom. The molecular weight excluding hydrogens is 174 g/mol. The molecule has 0 spiro atoms. The molecule has 0 aromatic carbocycles. The Balaban J connectivity index is 2.44. The highest BCUT2D eigenvalue weighted by Crippen LogP contribution is 2.40. The predicted octanol–water partition coefficient (Wildman–Crippen LogP) is 1.36. The third kappa shape index (κ3) is 2.61. The van der Waals surface area contributed by atoms with Gasteiger partial charge in [0.2, 0.25) is 0 Å². The van der Waals surface area contributed by atoms with Gasteiger partial charge in [-0.05, 0) is 25.2 Å². The Morgan fingerprint density at radius 2 is 2.15 bits per heavy atom. The van der Waals surface area contributed by atoms with Gasteiger partial charge in [0.15, 0.2) is 0 Å². The maximum Gasteiger partial charge on any atom is 0.250 e. The third-order valence-corrected chi connectivity index (χ3v) is 2.96. The summed E-state index contributed by atoms with van der Waals surface area (Å²) in [7, 11) is 0. The number of hydrogen-bond donors (Lipinski definition) is 2. The third-order valence-electron chi connectivity index (χ3n) is 2.96. The minimum absolute atomic E-state index is 0.226. The van der Waals surface area contributed by atoms with Crippen LogP contribution in [-0.2, 0) is 0 Å². The maximum atomic E-state index is 12.0. The van der Waals surface area contributed by atoms with Gasteiger partial charge in [-0.25, -0.2) is 8.78 Å². The van der Waals surface area contributed by atoms with Crippen molar-refractivity contribution < 1.29 is 8.78 Å². The van der Waals surface area contributed by atoms with Crippen molar-refractivity contribution in [3.05, 3.63) is 0 Å². The van der Waals surface area contributed by atoms with E-state index in [9.17, 15) is 8.78 Å². The van der Waals surface area contributed by atoms with Crippen LogP contribution in [0.4, 0.5) is 8.78 Å². The molecule has 1 rings (SSSR count). The average molecular weight is 192 g/mol. The van der Waals surface area contributed by atoms with Crippen molar-refractivity contribution in [1.29, 1.82) is 0 Å². The lowest BCUT2D eigenvalue weighted by molar-refractivity contribution is 0.123. The second-order valence-electron chi connectivity index (χ2n) is 3.76. The lowest BCUT2D eigenvalue weighted by Gasteiger charge is -2.33. The predicted molar refractivity (Wildman–Crippen MR) is 48.8 cm³/mol.